The number of aryl methyl sites for hydroxylation is 2. The van der Waals surface area contributed by atoms with Gasteiger partial charge in [0.1, 0.15) is 0 Å². The van der Waals surface area contributed by atoms with Crippen molar-refractivity contribution in [3.63, 3.8) is 0 Å². The third kappa shape index (κ3) is 7.81. The summed E-state index contributed by atoms with van der Waals surface area (Å²) in [6, 6.07) is 52.5. The molecule has 0 aromatic heterocycles. The van der Waals surface area contributed by atoms with Gasteiger partial charge in [0.15, 0.2) is 0 Å². The zero-order valence-electron chi connectivity index (χ0n) is 26.6. The van der Waals surface area contributed by atoms with Crippen molar-refractivity contribution in [2.45, 2.75) is 26.9 Å². The average Bonchev–Trinajstić information content (AvgIpc) is 3.60. The van der Waals surface area contributed by atoms with Crippen LogP contribution in [0.3, 0.4) is 0 Å². The Kier molecular flexibility index (Phi) is 10.9. The molecule has 0 aliphatic carbocycles. The first kappa shape index (κ1) is 34.1. The molecule has 0 bridgehead atoms. The molecule has 0 unspecified atom stereocenters. The fourth-order valence-corrected chi connectivity index (χ4v) is 6.16. The molecule has 4 heteroatoms. The van der Waals surface area contributed by atoms with Crippen LogP contribution in [0, 0.1) is 13.8 Å². The summed E-state index contributed by atoms with van der Waals surface area (Å²) in [5.41, 5.74) is 7.94. The van der Waals surface area contributed by atoms with E-state index >= 15 is 0 Å². The van der Waals surface area contributed by atoms with E-state index in [1.807, 2.05) is 13.1 Å². The first-order chi connectivity index (χ1) is 21.7. The summed E-state index contributed by atoms with van der Waals surface area (Å²) < 4.78 is 0. The Labute approximate surface area is 301 Å². The maximum Gasteiger partial charge on any atom is 2.00 e. The van der Waals surface area contributed by atoms with Gasteiger partial charge in [-0.25, -0.2) is 0 Å². The minimum Gasteiger partial charge on any atom is -0.165 e. The van der Waals surface area contributed by atoms with Crippen LogP contribution in [0.25, 0.3) is 65.3 Å². The van der Waals surface area contributed by atoms with Crippen molar-refractivity contribution in [3.8, 4) is 22.3 Å². The van der Waals surface area contributed by atoms with E-state index < -0.39 is 6.69 Å². The summed E-state index contributed by atoms with van der Waals surface area (Å²) >= 11 is 10.9. The van der Waals surface area contributed by atoms with Gasteiger partial charge in [0.05, 0.1) is 0 Å². The molecule has 0 saturated carbocycles. The van der Waals surface area contributed by atoms with Crippen molar-refractivity contribution in [2.75, 3.05) is 0 Å². The molecular weight excluding hydrogens is 695 g/mol. The van der Waals surface area contributed by atoms with Gasteiger partial charge in [0.2, 0.25) is 6.69 Å². The Hall–Kier alpha value is -3.26. The molecule has 0 heterocycles. The molecular formula is C42H36Cl2SiZr. The molecule has 226 valence electrons. The van der Waals surface area contributed by atoms with Crippen LogP contribution in [0.1, 0.15) is 11.1 Å². The molecule has 0 aliphatic rings. The number of hydrogen-bond acceptors (Lipinski definition) is 0. The van der Waals surface area contributed by atoms with E-state index in [1.54, 1.807) is 0 Å². The summed E-state index contributed by atoms with van der Waals surface area (Å²) in [7, 11) is 0. The van der Waals surface area contributed by atoms with E-state index in [4.69, 9.17) is 22.2 Å². The maximum absolute atomic E-state index is 5.43. The molecule has 0 aliphatic heterocycles. The van der Waals surface area contributed by atoms with Crippen molar-refractivity contribution >= 4 is 71.9 Å². The second-order valence-corrected chi connectivity index (χ2v) is 21.0. The minimum absolute atomic E-state index is 0. The molecule has 0 nitrogen and oxygen atoms in total. The van der Waals surface area contributed by atoms with Crippen LogP contribution >= 0.6 is 22.2 Å². The van der Waals surface area contributed by atoms with Gasteiger partial charge in [-0.15, -0.1) is 91.2 Å². The SMILES string of the molecule is C[Si](C)(Cl)Cl.Cc1cc2c(-c3cccc4ccccc34)cccc2[cH-]1.Cc1cc2c(-c3cccc4ccccc34)cccc2[cH-]1.[Zr+2]. The van der Waals surface area contributed by atoms with Crippen LogP contribution in [0.2, 0.25) is 13.1 Å². The molecule has 0 atom stereocenters. The van der Waals surface area contributed by atoms with Gasteiger partial charge in [-0.2, -0.15) is 12.1 Å². The molecule has 0 saturated heterocycles. The quantitative estimate of drug-likeness (QED) is 0.0944. The van der Waals surface area contributed by atoms with E-state index in [-0.39, 0.29) is 26.2 Å². The van der Waals surface area contributed by atoms with Gasteiger partial charge in [-0.1, -0.05) is 122 Å². The summed E-state index contributed by atoms with van der Waals surface area (Å²) in [4.78, 5) is 0. The topological polar surface area (TPSA) is 0 Å². The Morgan fingerprint density at radius 2 is 0.739 bits per heavy atom. The molecule has 0 N–H and O–H groups in total. The van der Waals surface area contributed by atoms with Crippen molar-refractivity contribution < 1.29 is 26.2 Å². The second-order valence-electron chi connectivity index (χ2n) is 12.1. The van der Waals surface area contributed by atoms with Gasteiger partial charge in [0.25, 0.3) is 0 Å². The van der Waals surface area contributed by atoms with E-state index in [9.17, 15) is 0 Å². The predicted octanol–water partition coefficient (Wildman–Crippen LogP) is 13.5. The van der Waals surface area contributed by atoms with Crippen LogP contribution in [-0.2, 0) is 26.2 Å². The van der Waals surface area contributed by atoms with Crippen LogP contribution in [0.15, 0.2) is 146 Å². The largest absolute Gasteiger partial charge is 2.00 e. The standard InChI is InChI=1S/2C20H15.C2H6Cl2Si.Zr/c2*1-14-12-16-8-5-11-19(20(16)13-14)18-10-4-7-15-6-2-3-9-17(15)18;1-5(2,3)4;/h2*2-13H,1H3;1-2H3;/q2*-1;;+2. The smallest absolute Gasteiger partial charge is 0.165 e. The van der Waals surface area contributed by atoms with Crippen LogP contribution in [0.4, 0.5) is 0 Å². The Bertz CT molecular complexity index is 2080. The number of fused-ring (bicyclic) bond motifs is 4. The minimum atomic E-state index is -1.67. The molecule has 0 spiro atoms. The van der Waals surface area contributed by atoms with Crippen molar-refractivity contribution in [1.29, 1.82) is 0 Å². The number of halogens is 2. The van der Waals surface area contributed by atoms with Gasteiger partial charge >= 0.3 is 26.2 Å². The molecule has 8 aromatic carbocycles. The van der Waals surface area contributed by atoms with Gasteiger partial charge in [-0.3, -0.25) is 0 Å². The van der Waals surface area contributed by atoms with E-state index in [0.717, 1.165) is 0 Å². The average molecular weight is 731 g/mol. The van der Waals surface area contributed by atoms with Crippen molar-refractivity contribution in [1.82, 2.24) is 0 Å². The summed E-state index contributed by atoms with van der Waals surface area (Å²) in [6.07, 6.45) is 0. The molecule has 0 fully saturated rings. The molecule has 8 rings (SSSR count). The summed E-state index contributed by atoms with van der Waals surface area (Å²) in [5, 5.41) is 10.6. The zero-order valence-corrected chi connectivity index (χ0v) is 31.6. The van der Waals surface area contributed by atoms with Crippen molar-refractivity contribution in [3.05, 3.63) is 157 Å². The van der Waals surface area contributed by atoms with E-state index in [1.165, 1.54) is 76.5 Å². The van der Waals surface area contributed by atoms with Crippen molar-refractivity contribution in [2.24, 2.45) is 0 Å². The number of benzene rings is 6. The fourth-order valence-electron chi connectivity index (χ4n) is 6.16. The van der Waals surface area contributed by atoms with Gasteiger partial charge in [0, 0.05) is 0 Å². The second kappa shape index (κ2) is 14.7. The summed E-state index contributed by atoms with van der Waals surface area (Å²) in [5.74, 6) is 0. The molecule has 0 amide bonds. The third-order valence-corrected chi connectivity index (χ3v) is 7.95. The molecule has 8 aromatic rings. The van der Waals surface area contributed by atoms with E-state index in [0.29, 0.717) is 0 Å². The van der Waals surface area contributed by atoms with Gasteiger partial charge in [-0.05, 0) is 45.8 Å². The zero-order chi connectivity index (χ0) is 31.6. The van der Waals surface area contributed by atoms with Crippen LogP contribution in [-0.4, -0.2) is 6.69 Å². The normalized spacial score (nSPS) is 11.1. The van der Waals surface area contributed by atoms with Crippen LogP contribution < -0.4 is 0 Å². The Balaban J connectivity index is 0.000000156. The third-order valence-electron chi connectivity index (χ3n) is 7.95. The predicted molar refractivity (Wildman–Crippen MR) is 204 cm³/mol. The molecule has 0 radical (unpaired) electrons. The monoisotopic (exact) mass is 728 g/mol. The summed E-state index contributed by atoms with van der Waals surface area (Å²) in [6.45, 7) is 6.37. The Morgan fingerprint density at radius 1 is 0.435 bits per heavy atom. The first-order valence-electron chi connectivity index (χ1n) is 15.3. The fraction of sp³-hybridized carbons (Fsp3) is 0.0952. The number of hydrogen-bond donors (Lipinski definition) is 0. The van der Waals surface area contributed by atoms with Gasteiger partial charge < -0.3 is 0 Å². The van der Waals surface area contributed by atoms with Crippen LogP contribution in [0.5, 0.6) is 0 Å². The Morgan fingerprint density at radius 3 is 1.13 bits per heavy atom. The van der Waals surface area contributed by atoms with E-state index in [2.05, 4.69) is 159 Å². The first-order valence-corrected chi connectivity index (χ1v) is 20.3. The maximum atomic E-state index is 5.43. The molecule has 46 heavy (non-hydrogen) atoms. The number of rotatable bonds is 2.